The van der Waals surface area contributed by atoms with Gasteiger partial charge in [-0.1, -0.05) is 29.5 Å². The summed E-state index contributed by atoms with van der Waals surface area (Å²) in [6.45, 7) is 0.487. The Labute approximate surface area is 217 Å². The Hall–Kier alpha value is -3.02. The maximum atomic E-state index is 13.8. The first-order chi connectivity index (χ1) is 17.5. The lowest BCUT2D eigenvalue weighted by molar-refractivity contribution is 0.196. The Kier molecular flexibility index (Phi) is 6.49. The van der Waals surface area contributed by atoms with E-state index in [4.69, 9.17) is 10.9 Å². The number of fused-ring (bicyclic) bond motifs is 1. The number of aromatic amines is 1. The molecule has 0 radical (unpaired) electrons. The van der Waals surface area contributed by atoms with Crippen LogP contribution in [0, 0.1) is 0 Å². The van der Waals surface area contributed by atoms with E-state index in [-0.39, 0.29) is 30.5 Å². The summed E-state index contributed by atoms with van der Waals surface area (Å²) in [6.07, 6.45) is 1.22. The van der Waals surface area contributed by atoms with Gasteiger partial charge in [-0.15, -0.1) is 5.10 Å². The van der Waals surface area contributed by atoms with Crippen LogP contribution in [-0.2, 0) is 20.0 Å². The van der Waals surface area contributed by atoms with Gasteiger partial charge in [-0.25, -0.2) is 32.1 Å². The normalized spacial score (nSPS) is 16.1. The molecule has 0 bridgehead atoms. The van der Waals surface area contributed by atoms with Gasteiger partial charge in [-0.2, -0.15) is 4.31 Å². The molecule has 37 heavy (non-hydrogen) atoms. The van der Waals surface area contributed by atoms with Gasteiger partial charge >= 0.3 is 0 Å². The summed E-state index contributed by atoms with van der Waals surface area (Å²) >= 11 is 1.27. The highest BCUT2D eigenvalue weighted by atomic mass is 32.2. The monoisotopic (exact) mass is 563 g/mol. The van der Waals surface area contributed by atoms with Crippen LogP contribution in [0.25, 0.3) is 32.7 Å². The second kappa shape index (κ2) is 9.38. The number of benzene rings is 2. The predicted molar refractivity (Wildman–Crippen MR) is 139 cm³/mol. The number of thiazole rings is 1. The summed E-state index contributed by atoms with van der Waals surface area (Å²) in [5.74, 6) is -0.0532. The van der Waals surface area contributed by atoms with Crippen molar-refractivity contribution in [2.24, 2.45) is 5.14 Å². The number of tetrazole rings is 1. The van der Waals surface area contributed by atoms with Crippen molar-refractivity contribution in [3.63, 3.8) is 0 Å². The van der Waals surface area contributed by atoms with Gasteiger partial charge in [0.15, 0.2) is 11.0 Å². The number of para-hydroxylation sites is 1. The van der Waals surface area contributed by atoms with Crippen molar-refractivity contribution in [3.05, 3.63) is 30.3 Å². The molecule has 5 rings (SSSR count). The van der Waals surface area contributed by atoms with Gasteiger partial charge in [0.1, 0.15) is 9.79 Å². The smallest absolute Gasteiger partial charge is 0.244 e. The molecule has 5 N–H and O–H groups in total. The molecular weight excluding hydrogens is 538 g/mol. The summed E-state index contributed by atoms with van der Waals surface area (Å²) in [6, 6.07) is 8.36. The number of aromatic nitrogens is 5. The molecule has 196 valence electrons. The molecule has 13 nitrogen and oxygen atoms in total. The molecule has 0 atom stereocenters. The number of nitrogens with one attached hydrogen (secondary N) is 1. The number of primary sulfonamides is 1. The van der Waals surface area contributed by atoms with Crippen LogP contribution in [0.4, 0.5) is 5.13 Å². The van der Waals surface area contributed by atoms with Crippen LogP contribution in [0.3, 0.4) is 0 Å². The highest BCUT2D eigenvalue weighted by Gasteiger charge is 2.37. The van der Waals surface area contributed by atoms with E-state index < -0.39 is 29.8 Å². The van der Waals surface area contributed by atoms with Crippen LogP contribution in [0.1, 0.15) is 12.8 Å². The third-order valence-corrected chi connectivity index (χ3v) is 10.4. The highest BCUT2D eigenvalue weighted by Crippen LogP contribution is 2.42. The number of anilines is 1. The van der Waals surface area contributed by atoms with Crippen molar-refractivity contribution in [1.82, 2.24) is 34.8 Å². The molecule has 1 aliphatic heterocycles. The molecule has 16 heteroatoms. The number of nitrogens with zero attached hydrogens (tertiary/aromatic N) is 6. The van der Waals surface area contributed by atoms with Crippen molar-refractivity contribution >= 4 is 46.7 Å². The van der Waals surface area contributed by atoms with Gasteiger partial charge in [-0.05, 0) is 55.1 Å². The molecule has 3 heterocycles. The molecule has 0 aliphatic carbocycles. The minimum absolute atomic E-state index is 0.0532. The first-order valence-electron chi connectivity index (χ1n) is 11.2. The Morgan fingerprint density at radius 1 is 1.08 bits per heavy atom. The third-order valence-electron chi connectivity index (χ3n) is 6.49. The third kappa shape index (κ3) is 4.60. The molecule has 1 saturated heterocycles. The zero-order chi connectivity index (χ0) is 26.5. The fourth-order valence-electron chi connectivity index (χ4n) is 4.69. The van der Waals surface area contributed by atoms with Gasteiger partial charge in [0.2, 0.25) is 20.0 Å². The molecular formula is C21H25N9O4S3. The van der Waals surface area contributed by atoms with Crippen molar-refractivity contribution in [2.45, 2.75) is 28.7 Å². The van der Waals surface area contributed by atoms with Crippen LogP contribution >= 0.6 is 11.3 Å². The Bertz CT molecular complexity index is 1680. The van der Waals surface area contributed by atoms with E-state index in [1.54, 1.807) is 12.1 Å². The van der Waals surface area contributed by atoms with Crippen molar-refractivity contribution in [2.75, 3.05) is 32.9 Å². The second-order valence-electron chi connectivity index (χ2n) is 8.91. The van der Waals surface area contributed by atoms with Gasteiger partial charge in [0.25, 0.3) is 0 Å². The van der Waals surface area contributed by atoms with Crippen molar-refractivity contribution in [1.29, 1.82) is 0 Å². The SMILES string of the molecule is CN(C)C1CCN(S(=O)(=O)c2ccc(-c3cccc4sc(N)nc34)c(-c3nnn[nH]3)c2S(N)(=O)=O)CC1. The highest BCUT2D eigenvalue weighted by molar-refractivity contribution is 7.92. The lowest BCUT2D eigenvalue weighted by Gasteiger charge is -2.34. The van der Waals surface area contributed by atoms with Crippen LogP contribution in [0.5, 0.6) is 0 Å². The van der Waals surface area contributed by atoms with Crippen LogP contribution in [0.2, 0.25) is 0 Å². The topological polar surface area (TPSA) is 194 Å². The fourth-order valence-corrected chi connectivity index (χ4v) is 8.51. The average molecular weight is 564 g/mol. The Morgan fingerprint density at radius 2 is 1.81 bits per heavy atom. The number of sulfonamides is 2. The Morgan fingerprint density at radius 3 is 2.43 bits per heavy atom. The summed E-state index contributed by atoms with van der Waals surface area (Å²) < 4.78 is 55.8. The van der Waals surface area contributed by atoms with Gasteiger partial charge in [-0.3, -0.25) is 0 Å². The number of piperidine rings is 1. The van der Waals surface area contributed by atoms with Crippen LogP contribution in [0.15, 0.2) is 40.1 Å². The minimum Gasteiger partial charge on any atom is -0.375 e. The van der Waals surface area contributed by atoms with Gasteiger partial charge in [0.05, 0.1) is 15.8 Å². The first kappa shape index (κ1) is 25.6. The number of nitrogens with two attached hydrogens (primary N) is 2. The zero-order valence-corrected chi connectivity index (χ0v) is 22.4. The van der Waals surface area contributed by atoms with E-state index in [2.05, 4.69) is 30.5 Å². The van der Waals surface area contributed by atoms with E-state index >= 15 is 0 Å². The number of hydrogen-bond donors (Lipinski definition) is 3. The summed E-state index contributed by atoms with van der Waals surface area (Å²) in [7, 11) is -4.93. The lowest BCUT2D eigenvalue weighted by atomic mass is 9.98. The van der Waals surface area contributed by atoms with Crippen molar-refractivity contribution < 1.29 is 16.8 Å². The molecule has 2 aromatic carbocycles. The average Bonchev–Trinajstić information content (AvgIpc) is 3.51. The van der Waals surface area contributed by atoms with Crippen LogP contribution in [-0.4, -0.2) is 84.9 Å². The van der Waals surface area contributed by atoms with E-state index in [0.29, 0.717) is 34.6 Å². The van der Waals surface area contributed by atoms with Crippen LogP contribution < -0.4 is 10.9 Å². The Balaban J connectivity index is 1.76. The predicted octanol–water partition coefficient (Wildman–Crippen LogP) is 1.09. The maximum Gasteiger partial charge on any atom is 0.244 e. The minimum atomic E-state index is -4.59. The first-order valence-corrected chi connectivity index (χ1v) is 15.0. The number of H-pyrrole nitrogens is 1. The summed E-state index contributed by atoms with van der Waals surface area (Å²) in [4.78, 5) is 5.43. The van der Waals surface area contributed by atoms with Gasteiger partial charge < -0.3 is 10.6 Å². The van der Waals surface area contributed by atoms with E-state index in [1.807, 2.05) is 20.2 Å². The lowest BCUT2D eigenvalue weighted by Crippen LogP contribution is -2.44. The molecule has 4 aromatic rings. The number of nitrogen functional groups attached to an aromatic ring is 1. The summed E-state index contributed by atoms with van der Waals surface area (Å²) in [5, 5.41) is 19.6. The standard InChI is InChI=1S/C21H25N9O4S3/c1-29(2)12-8-10-30(11-9-12)37(33,34)16-7-6-13(14-4-3-5-15-18(14)24-21(22)35-15)17(19(16)36(23,31)32)20-25-27-28-26-20/h3-7,12H,8-11H2,1-2H3,(H2,22,24)(H2,23,31,32)(H,25,26,27,28). The van der Waals surface area contributed by atoms with E-state index in [0.717, 1.165) is 4.70 Å². The quantitative estimate of drug-likeness (QED) is 0.305. The molecule has 1 fully saturated rings. The molecule has 0 spiro atoms. The second-order valence-corrected chi connectivity index (χ2v) is 13.4. The molecule has 2 aromatic heterocycles. The van der Waals surface area contributed by atoms with Gasteiger partial charge in [0, 0.05) is 24.7 Å². The number of rotatable bonds is 6. The maximum absolute atomic E-state index is 13.8. The zero-order valence-electron chi connectivity index (χ0n) is 20.0. The van der Waals surface area contributed by atoms with E-state index in [1.165, 1.54) is 27.8 Å². The molecule has 1 aliphatic rings. The summed E-state index contributed by atoms with van der Waals surface area (Å²) in [5.41, 5.74) is 7.26. The number of hydrogen-bond acceptors (Lipinski definition) is 11. The molecule has 0 unspecified atom stereocenters. The van der Waals surface area contributed by atoms with E-state index in [9.17, 15) is 16.8 Å². The molecule has 0 amide bonds. The molecule has 0 saturated carbocycles. The largest absolute Gasteiger partial charge is 0.375 e. The van der Waals surface area contributed by atoms with Crippen molar-refractivity contribution in [3.8, 4) is 22.5 Å². The fraction of sp³-hybridized carbons (Fsp3) is 0.333.